The molecule has 1 amide bonds. The number of amides is 1. The summed E-state index contributed by atoms with van der Waals surface area (Å²) in [7, 11) is 1.65. The van der Waals surface area contributed by atoms with Crippen LogP contribution in [-0.4, -0.2) is 33.3 Å². The highest BCUT2D eigenvalue weighted by Crippen LogP contribution is 2.28. The lowest BCUT2D eigenvalue weighted by Gasteiger charge is -2.36. The fourth-order valence-corrected chi connectivity index (χ4v) is 3.44. The molecule has 1 fully saturated rings. The van der Waals surface area contributed by atoms with Crippen molar-refractivity contribution < 1.29 is 4.79 Å². The number of carbonyl (C=O) groups is 1. The summed E-state index contributed by atoms with van der Waals surface area (Å²) in [6.45, 7) is 1.51. The predicted molar refractivity (Wildman–Crippen MR) is 90.3 cm³/mol. The van der Waals surface area contributed by atoms with Gasteiger partial charge in [0.15, 0.2) is 0 Å². The molecule has 0 atom stereocenters. The summed E-state index contributed by atoms with van der Waals surface area (Å²) in [5.41, 5.74) is -0.281. The van der Waals surface area contributed by atoms with Crippen LogP contribution in [0.25, 0.3) is 0 Å². The smallest absolute Gasteiger partial charge is 0.264 e. The fourth-order valence-electron chi connectivity index (χ4n) is 2.91. The van der Waals surface area contributed by atoms with Gasteiger partial charge in [-0.2, -0.15) is 5.10 Å². The Morgan fingerprint density at radius 2 is 2.17 bits per heavy atom. The van der Waals surface area contributed by atoms with E-state index < -0.39 is 5.54 Å². The second-order valence-corrected chi connectivity index (χ2v) is 6.53. The monoisotopic (exact) mass is 379 g/mol. The normalized spacial score (nSPS) is 17.0. The molecule has 2 N–H and O–H groups in total. The van der Waals surface area contributed by atoms with E-state index in [0.29, 0.717) is 23.0 Å². The molecule has 0 radical (unpaired) electrons. The molecular weight excluding hydrogens is 362 g/mol. The SMILES string of the molecule is Cn1cc(NC(=O)C2(n3cccn3)CCNCC2)cc(Br)c1=O. The molecule has 1 aliphatic heterocycles. The Morgan fingerprint density at radius 3 is 2.78 bits per heavy atom. The summed E-state index contributed by atoms with van der Waals surface area (Å²) in [6, 6.07) is 3.44. The fraction of sp³-hybridized carbons (Fsp3) is 0.400. The van der Waals surface area contributed by atoms with Crippen molar-refractivity contribution in [3.05, 3.63) is 45.5 Å². The molecule has 0 spiro atoms. The van der Waals surface area contributed by atoms with Gasteiger partial charge in [0.25, 0.3) is 11.5 Å². The molecule has 1 saturated heterocycles. The molecule has 8 heteroatoms. The zero-order valence-electron chi connectivity index (χ0n) is 12.8. The molecule has 7 nitrogen and oxygen atoms in total. The number of aromatic nitrogens is 3. The van der Waals surface area contributed by atoms with Crippen molar-refractivity contribution in [2.45, 2.75) is 18.4 Å². The number of aryl methyl sites for hydroxylation is 1. The van der Waals surface area contributed by atoms with Gasteiger partial charge in [-0.3, -0.25) is 14.3 Å². The van der Waals surface area contributed by atoms with Crippen molar-refractivity contribution in [2.24, 2.45) is 7.05 Å². The minimum absolute atomic E-state index is 0.117. The van der Waals surface area contributed by atoms with E-state index in [1.165, 1.54) is 4.57 Å². The molecule has 2 aromatic rings. The highest BCUT2D eigenvalue weighted by atomic mass is 79.9. The number of nitrogens with zero attached hydrogens (tertiary/aromatic N) is 3. The number of piperidine rings is 1. The third-order valence-electron chi connectivity index (χ3n) is 4.19. The van der Waals surface area contributed by atoms with Gasteiger partial charge in [0.05, 0.1) is 10.2 Å². The molecule has 0 unspecified atom stereocenters. The third-order valence-corrected chi connectivity index (χ3v) is 4.76. The van der Waals surface area contributed by atoms with Gasteiger partial charge < -0.3 is 15.2 Å². The number of anilines is 1. The molecule has 1 aliphatic rings. The van der Waals surface area contributed by atoms with E-state index in [2.05, 4.69) is 31.7 Å². The van der Waals surface area contributed by atoms with Gasteiger partial charge in [-0.05, 0) is 54.0 Å². The first-order chi connectivity index (χ1) is 11.0. The molecule has 0 bridgehead atoms. The van der Waals surface area contributed by atoms with Crippen molar-refractivity contribution >= 4 is 27.5 Å². The Morgan fingerprint density at radius 1 is 1.43 bits per heavy atom. The van der Waals surface area contributed by atoms with Crippen LogP contribution in [0.5, 0.6) is 0 Å². The molecule has 0 aliphatic carbocycles. The molecule has 23 heavy (non-hydrogen) atoms. The highest BCUT2D eigenvalue weighted by Gasteiger charge is 2.42. The first-order valence-corrected chi connectivity index (χ1v) is 8.21. The average Bonchev–Trinajstić information content (AvgIpc) is 3.08. The number of pyridine rings is 1. The van der Waals surface area contributed by atoms with Gasteiger partial charge in [0, 0.05) is 25.6 Å². The van der Waals surface area contributed by atoms with Gasteiger partial charge >= 0.3 is 0 Å². The van der Waals surface area contributed by atoms with E-state index in [9.17, 15) is 9.59 Å². The maximum absolute atomic E-state index is 13.0. The number of rotatable bonds is 3. The van der Waals surface area contributed by atoms with Crippen molar-refractivity contribution in [2.75, 3.05) is 18.4 Å². The molecule has 122 valence electrons. The van der Waals surface area contributed by atoms with Crippen molar-refractivity contribution in [1.29, 1.82) is 0 Å². The quantitative estimate of drug-likeness (QED) is 0.835. The van der Waals surface area contributed by atoms with Crippen molar-refractivity contribution in [3.8, 4) is 0 Å². The number of hydrogen-bond acceptors (Lipinski definition) is 4. The van der Waals surface area contributed by atoms with E-state index in [1.54, 1.807) is 30.2 Å². The second-order valence-electron chi connectivity index (χ2n) is 5.68. The predicted octanol–water partition coefficient (Wildman–Crippen LogP) is 1.06. The molecule has 0 aromatic carbocycles. The average molecular weight is 380 g/mol. The lowest BCUT2D eigenvalue weighted by Crippen LogP contribution is -2.52. The largest absolute Gasteiger partial charge is 0.323 e. The van der Waals surface area contributed by atoms with Crippen LogP contribution >= 0.6 is 15.9 Å². The van der Waals surface area contributed by atoms with Crippen LogP contribution in [0.4, 0.5) is 5.69 Å². The second kappa shape index (κ2) is 6.29. The van der Waals surface area contributed by atoms with Gasteiger partial charge in [-0.1, -0.05) is 0 Å². The van der Waals surface area contributed by atoms with E-state index in [1.807, 2.05) is 12.3 Å². The zero-order chi connectivity index (χ0) is 16.4. The van der Waals surface area contributed by atoms with Gasteiger partial charge in [0.1, 0.15) is 5.54 Å². The first kappa shape index (κ1) is 15.9. The van der Waals surface area contributed by atoms with Crippen molar-refractivity contribution in [3.63, 3.8) is 0 Å². The number of carbonyl (C=O) groups excluding carboxylic acids is 1. The highest BCUT2D eigenvalue weighted by molar-refractivity contribution is 9.10. The lowest BCUT2D eigenvalue weighted by molar-refractivity contribution is -0.126. The Kier molecular flexibility index (Phi) is 4.36. The molecule has 3 rings (SSSR count). The number of halogens is 1. The summed E-state index contributed by atoms with van der Waals surface area (Å²) < 4.78 is 3.58. The summed E-state index contributed by atoms with van der Waals surface area (Å²) >= 11 is 3.22. The maximum atomic E-state index is 13.0. The number of hydrogen-bond donors (Lipinski definition) is 2. The van der Waals surface area contributed by atoms with E-state index >= 15 is 0 Å². The van der Waals surface area contributed by atoms with Crippen LogP contribution in [0, 0.1) is 0 Å². The Hall–Kier alpha value is -1.93. The van der Waals surface area contributed by atoms with Crippen LogP contribution in [0.3, 0.4) is 0 Å². The first-order valence-electron chi connectivity index (χ1n) is 7.41. The Bertz CT molecular complexity index is 736. The minimum atomic E-state index is -0.712. The van der Waals surface area contributed by atoms with Crippen LogP contribution in [0.2, 0.25) is 0 Å². The molecule has 0 saturated carbocycles. The summed E-state index contributed by atoms with van der Waals surface area (Å²) in [6.07, 6.45) is 6.44. The lowest BCUT2D eigenvalue weighted by atomic mass is 9.87. The van der Waals surface area contributed by atoms with Crippen LogP contribution < -0.4 is 16.2 Å². The van der Waals surface area contributed by atoms with E-state index in [0.717, 1.165) is 13.1 Å². The van der Waals surface area contributed by atoms with Gasteiger partial charge in [0.2, 0.25) is 0 Å². The van der Waals surface area contributed by atoms with Crippen LogP contribution in [-0.2, 0) is 17.4 Å². The standard InChI is InChI=1S/C15H18BrN5O2/c1-20-10-11(9-12(16)13(20)22)19-14(23)15(3-6-17-7-4-15)21-8-2-5-18-21/h2,5,8-10,17H,3-4,6-7H2,1H3,(H,19,23). The summed E-state index contributed by atoms with van der Waals surface area (Å²) in [4.78, 5) is 24.7. The minimum Gasteiger partial charge on any atom is -0.323 e. The third kappa shape index (κ3) is 2.96. The van der Waals surface area contributed by atoms with Crippen LogP contribution in [0.15, 0.2) is 40.0 Å². The van der Waals surface area contributed by atoms with Crippen molar-refractivity contribution in [1.82, 2.24) is 19.7 Å². The van der Waals surface area contributed by atoms with Gasteiger partial charge in [-0.25, -0.2) is 0 Å². The maximum Gasteiger partial charge on any atom is 0.264 e. The molecule has 3 heterocycles. The Labute approximate surface area is 141 Å². The van der Waals surface area contributed by atoms with E-state index in [4.69, 9.17) is 0 Å². The van der Waals surface area contributed by atoms with Crippen LogP contribution in [0.1, 0.15) is 12.8 Å². The zero-order valence-corrected chi connectivity index (χ0v) is 14.3. The Balaban J connectivity index is 1.92. The molecule has 2 aromatic heterocycles. The summed E-state index contributed by atoms with van der Waals surface area (Å²) in [5.74, 6) is -0.117. The topological polar surface area (TPSA) is 81.0 Å². The van der Waals surface area contributed by atoms with E-state index in [-0.39, 0.29) is 11.5 Å². The van der Waals surface area contributed by atoms with Gasteiger partial charge in [-0.15, -0.1) is 0 Å². The summed E-state index contributed by atoms with van der Waals surface area (Å²) in [5, 5.41) is 10.5. The molecular formula is C15H18BrN5O2. The number of nitrogens with one attached hydrogen (secondary N) is 2.